The monoisotopic (exact) mass is 154 g/mol. The molecule has 1 aromatic rings. The average molecular weight is 154 g/mol. The van der Waals surface area contributed by atoms with E-state index in [1.165, 1.54) is 0 Å². The van der Waals surface area contributed by atoms with Crippen LogP contribution in [0.5, 0.6) is 5.75 Å². The number of hydrogen-bond donors (Lipinski definition) is 2. The SMILES string of the molecule is C.OB(O)Oc1ccccc1. The lowest BCUT2D eigenvalue weighted by Crippen LogP contribution is -2.20. The summed E-state index contributed by atoms with van der Waals surface area (Å²) in [5.74, 6) is 0.442. The third kappa shape index (κ3) is 3.65. The van der Waals surface area contributed by atoms with Crippen molar-refractivity contribution >= 4 is 7.32 Å². The van der Waals surface area contributed by atoms with Crippen LogP contribution in [0.1, 0.15) is 7.43 Å². The van der Waals surface area contributed by atoms with E-state index in [1.807, 2.05) is 6.07 Å². The van der Waals surface area contributed by atoms with Gasteiger partial charge >= 0.3 is 7.32 Å². The van der Waals surface area contributed by atoms with Crippen LogP contribution < -0.4 is 4.65 Å². The Morgan fingerprint density at radius 1 is 1.09 bits per heavy atom. The molecule has 0 saturated heterocycles. The highest BCUT2D eigenvalue weighted by Crippen LogP contribution is 2.07. The van der Waals surface area contributed by atoms with Crippen LogP contribution in [0.4, 0.5) is 0 Å². The highest BCUT2D eigenvalue weighted by molar-refractivity contribution is 6.33. The summed E-state index contributed by atoms with van der Waals surface area (Å²) in [5, 5.41) is 16.7. The molecular formula is C7H11BO3. The first-order chi connectivity index (χ1) is 4.79. The van der Waals surface area contributed by atoms with E-state index in [0.29, 0.717) is 5.75 Å². The third-order valence-corrected chi connectivity index (χ3v) is 0.985. The zero-order valence-corrected chi connectivity index (χ0v) is 5.27. The molecule has 0 aliphatic heterocycles. The van der Waals surface area contributed by atoms with Gasteiger partial charge in [-0.1, -0.05) is 25.6 Å². The summed E-state index contributed by atoms with van der Waals surface area (Å²) >= 11 is 0. The van der Waals surface area contributed by atoms with Gasteiger partial charge in [-0.3, -0.25) is 0 Å². The molecule has 0 aromatic heterocycles. The van der Waals surface area contributed by atoms with Gasteiger partial charge in [0.2, 0.25) is 0 Å². The van der Waals surface area contributed by atoms with E-state index in [1.54, 1.807) is 24.3 Å². The quantitative estimate of drug-likeness (QED) is 0.615. The molecule has 0 amide bonds. The van der Waals surface area contributed by atoms with Crippen LogP contribution in [0, 0.1) is 0 Å². The van der Waals surface area contributed by atoms with Crippen molar-refractivity contribution in [3.05, 3.63) is 30.3 Å². The molecule has 0 saturated carbocycles. The summed E-state index contributed by atoms with van der Waals surface area (Å²) in [6, 6.07) is 8.59. The Balaban J connectivity index is 0.000001000. The fourth-order valence-corrected chi connectivity index (χ4v) is 0.621. The van der Waals surface area contributed by atoms with Crippen LogP contribution in [-0.4, -0.2) is 17.4 Å². The standard InChI is InChI=1S/C6H7BO3.CH4/c8-7(9)10-6-4-2-1-3-5-6;/h1-5,8-9H;1H4. The zero-order valence-electron chi connectivity index (χ0n) is 5.27. The molecule has 0 heterocycles. The molecule has 0 bridgehead atoms. The normalized spacial score (nSPS) is 8.18. The maximum absolute atomic E-state index is 8.34. The van der Waals surface area contributed by atoms with Crippen molar-refractivity contribution in [2.45, 2.75) is 7.43 Å². The van der Waals surface area contributed by atoms with Crippen LogP contribution in [0.2, 0.25) is 0 Å². The van der Waals surface area contributed by atoms with Crippen molar-refractivity contribution in [1.82, 2.24) is 0 Å². The van der Waals surface area contributed by atoms with Crippen molar-refractivity contribution in [3.63, 3.8) is 0 Å². The van der Waals surface area contributed by atoms with E-state index in [2.05, 4.69) is 4.65 Å². The van der Waals surface area contributed by atoms with Gasteiger partial charge in [0, 0.05) is 0 Å². The van der Waals surface area contributed by atoms with E-state index in [9.17, 15) is 0 Å². The van der Waals surface area contributed by atoms with Crippen LogP contribution in [0.25, 0.3) is 0 Å². The Labute approximate surface area is 66.4 Å². The minimum atomic E-state index is -1.73. The Bertz CT molecular complexity index is 188. The van der Waals surface area contributed by atoms with E-state index in [0.717, 1.165) is 0 Å². The summed E-state index contributed by atoms with van der Waals surface area (Å²) < 4.78 is 4.53. The molecule has 2 N–H and O–H groups in total. The predicted molar refractivity (Wildman–Crippen MR) is 44.0 cm³/mol. The minimum Gasteiger partial charge on any atom is -0.512 e. The fraction of sp³-hybridized carbons (Fsp3) is 0.143. The maximum atomic E-state index is 8.34. The van der Waals surface area contributed by atoms with Gasteiger partial charge in [-0.15, -0.1) is 0 Å². The Morgan fingerprint density at radius 2 is 1.64 bits per heavy atom. The second-order valence-corrected chi connectivity index (χ2v) is 1.76. The summed E-state index contributed by atoms with van der Waals surface area (Å²) in [5.41, 5.74) is 0. The van der Waals surface area contributed by atoms with Crippen molar-refractivity contribution in [2.24, 2.45) is 0 Å². The van der Waals surface area contributed by atoms with E-state index in [4.69, 9.17) is 10.0 Å². The largest absolute Gasteiger partial charge is 0.707 e. The van der Waals surface area contributed by atoms with Gasteiger partial charge in [0.15, 0.2) is 0 Å². The smallest absolute Gasteiger partial charge is 0.512 e. The molecule has 1 aromatic carbocycles. The molecule has 4 heteroatoms. The van der Waals surface area contributed by atoms with Gasteiger partial charge in [0.05, 0.1) is 0 Å². The van der Waals surface area contributed by atoms with Gasteiger partial charge in [-0.25, -0.2) is 0 Å². The first-order valence-corrected chi connectivity index (χ1v) is 2.87. The zero-order chi connectivity index (χ0) is 7.40. The number of hydrogen-bond acceptors (Lipinski definition) is 3. The molecule has 3 nitrogen and oxygen atoms in total. The van der Waals surface area contributed by atoms with Gasteiger partial charge in [-0.05, 0) is 12.1 Å². The molecule has 0 aliphatic rings. The van der Waals surface area contributed by atoms with E-state index < -0.39 is 7.32 Å². The Kier molecular flexibility index (Phi) is 4.33. The molecule has 0 atom stereocenters. The fourth-order valence-electron chi connectivity index (χ4n) is 0.621. The Morgan fingerprint density at radius 3 is 2.09 bits per heavy atom. The molecular weight excluding hydrogens is 143 g/mol. The molecule has 0 unspecified atom stereocenters. The second-order valence-electron chi connectivity index (χ2n) is 1.76. The number of rotatable bonds is 2. The second kappa shape index (κ2) is 4.76. The van der Waals surface area contributed by atoms with E-state index in [-0.39, 0.29) is 7.43 Å². The highest BCUT2D eigenvalue weighted by atomic mass is 16.6. The maximum Gasteiger partial charge on any atom is 0.707 e. The van der Waals surface area contributed by atoms with E-state index >= 15 is 0 Å². The van der Waals surface area contributed by atoms with Crippen LogP contribution >= 0.6 is 0 Å². The molecule has 0 spiro atoms. The van der Waals surface area contributed by atoms with Crippen LogP contribution in [0.15, 0.2) is 30.3 Å². The third-order valence-electron chi connectivity index (χ3n) is 0.985. The van der Waals surface area contributed by atoms with Gasteiger partial charge < -0.3 is 14.7 Å². The lowest BCUT2D eigenvalue weighted by molar-refractivity contribution is 0.288. The van der Waals surface area contributed by atoms with Crippen LogP contribution in [0.3, 0.4) is 0 Å². The summed E-state index contributed by atoms with van der Waals surface area (Å²) in [6.07, 6.45) is 0. The molecule has 0 aliphatic carbocycles. The predicted octanol–water partition coefficient (Wildman–Crippen LogP) is 0.671. The first-order valence-electron chi connectivity index (χ1n) is 2.87. The topological polar surface area (TPSA) is 49.7 Å². The van der Waals surface area contributed by atoms with Crippen molar-refractivity contribution in [1.29, 1.82) is 0 Å². The molecule has 60 valence electrons. The lowest BCUT2D eigenvalue weighted by Gasteiger charge is -2.01. The van der Waals surface area contributed by atoms with Crippen molar-refractivity contribution in [2.75, 3.05) is 0 Å². The van der Waals surface area contributed by atoms with Gasteiger partial charge in [0.25, 0.3) is 0 Å². The van der Waals surface area contributed by atoms with Crippen molar-refractivity contribution in [3.8, 4) is 5.75 Å². The van der Waals surface area contributed by atoms with Gasteiger partial charge in [-0.2, -0.15) is 0 Å². The molecule has 0 radical (unpaired) electrons. The van der Waals surface area contributed by atoms with Crippen LogP contribution in [-0.2, 0) is 0 Å². The molecule has 11 heavy (non-hydrogen) atoms. The summed E-state index contributed by atoms with van der Waals surface area (Å²) in [6.45, 7) is 0. The summed E-state index contributed by atoms with van der Waals surface area (Å²) in [4.78, 5) is 0. The average Bonchev–Trinajstić information content (AvgIpc) is 1.88. The minimum absolute atomic E-state index is 0. The highest BCUT2D eigenvalue weighted by Gasteiger charge is 2.09. The molecule has 1 rings (SSSR count). The lowest BCUT2D eigenvalue weighted by atomic mass is 10.2. The Hall–Kier alpha value is -0.995. The van der Waals surface area contributed by atoms with Crippen molar-refractivity contribution < 1.29 is 14.7 Å². The number of benzene rings is 1. The number of para-hydroxylation sites is 1. The van der Waals surface area contributed by atoms with Gasteiger partial charge in [0.1, 0.15) is 5.75 Å². The summed E-state index contributed by atoms with van der Waals surface area (Å²) in [7, 11) is -1.73. The molecule has 0 fully saturated rings. The first kappa shape index (κ1) is 10.0.